The number of nitrogens with zero attached hydrogens (tertiary/aromatic N) is 1. The van der Waals surface area contributed by atoms with E-state index in [1.165, 1.54) is 7.11 Å². The van der Waals surface area contributed by atoms with Gasteiger partial charge in [0.25, 0.3) is 0 Å². The van der Waals surface area contributed by atoms with Gasteiger partial charge in [0.05, 0.1) is 22.8 Å². The molecule has 2 nitrogen and oxygen atoms in total. The highest BCUT2D eigenvalue weighted by molar-refractivity contribution is 6.37. The maximum Gasteiger partial charge on any atom is 0.156 e. The van der Waals surface area contributed by atoms with Gasteiger partial charge in [-0.1, -0.05) is 40.9 Å². The maximum atomic E-state index is 6.07. The second kappa shape index (κ2) is 6.49. The number of methoxy groups -OCH3 is 1. The van der Waals surface area contributed by atoms with E-state index in [-0.39, 0.29) is 0 Å². The average molecular weight is 329 g/mol. The molecule has 20 heavy (non-hydrogen) atoms. The van der Waals surface area contributed by atoms with Crippen molar-refractivity contribution in [3.05, 3.63) is 56.5 Å². The zero-order valence-corrected chi connectivity index (χ0v) is 13.2. The fourth-order valence-electron chi connectivity index (χ4n) is 1.66. The molecule has 0 aliphatic rings. The number of rotatable bonds is 3. The van der Waals surface area contributed by atoms with E-state index in [2.05, 4.69) is 4.99 Å². The molecule has 0 radical (unpaired) electrons. The van der Waals surface area contributed by atoms with Crippen LogP contribution in [-0.4, -0.2) is 13.3 Å². The number of aliphatic imine (C=N–C) groups is 1. The first-order chi connectivity index (χ1) is 9.51. The second-order valence-electron chi connectivity index (χ2n) is 4.21. The van der Waals surface area contributed by atoms with Crippen molar-refractivity contribution in [2.24, 2.45) is 4.99 Å². The number of benzene rings is 2. The Morgan fingerprint density at radius 2 is 1.65 bits per heavy atom. The molecule has 0 aromatic heterocycles. The van der Waals surface area contributed by atoms with Gasteiger partial charge in [-0.25, -0.2) is 0 Å². The molecule has 0 saturated heterocycles. The van der Waals surface area contributed by atoms with Crippen molar-refractivity contribution in [2.45, 2.75) is 6.92 Å². The molecular formula is C15H12Cl3NO. The van der Waals surface area contributed by atoms with Crippen LogP contribution in [-0.2, 0) is 0 Å². The Bertz CT molecular complexity index is 645. The lowest BCUT2D eigenvalue weighted by Gasteiger charge is -2.06. The van der Waals surface area contributed by atoms with E-state index < -0.39 is 0 Å². The molecule has 0 spiro atoms. The Hall–Kier alpha value is -1.22. The Labute approximate surface area is 133 Å². The molecule has 0 unspecified atom stereocenters. The second-order valence-corrected chi connectivity index (χ2v) is 5.43. The summed E-state index contributed by atoms with van der Waals surface area (Å²) in [5, 5.41) is 1.58. The highest BCUT2D eigenvalue weighted by Gasteiger charge is 2.07. The summed E-state index contributed by atoms with van der Waals surface area (Å²) in [6, 6.07) is 9.10. The summed E-state index contributed by atoms with van der Waals surface area (Å²) in [6.45, 7) is 1.94. The van der Waals surface area contributed by atoms with Crippen LogP contribution in [0, 0.1) is 6.92 Å². The van der Waals surface area contributed by atoms with Crippen LogP contribution in [0.1, 0.15) is 11.1 Å². The lowest BCUT2D eigenvalue weighted by Crippen LogP contribution is -1.89. The minimum absolute atomic E-state index is 0.448. The predicted molar refractivity (Wildman–Crippen MR) is 86.5 cm³/mol. The van der Waals surface area contributed by atoms with Crippen LogP contribution in [0.2, 0.25) is 15.1 Å². The highest BCUT2D eigenvalue weighted by atomic mass is 35.5. The van der Waals surface area contributed by atoms with Crippen LogP contribution < -0.4 is 4.74 Å². The van der Waals surface area contributed by atoms with Crippen molar-refractivity contribution >= 4 is 46.7 Å². The molecule has 0 fully saturated rings. The van der Waals surface area contributed by atoms with Crippen molar-refractivity contribution in [1.82, 2.24) is 0 Å². The fraction of sp³-hybridized carbons (Fsp3) is 0.133. The van der Waals surface area contributed by atoms with E-state index in [9.17, 15) is 0 Å². The van der Waals surface area contributed by atoms with Gasteiger partial charge in [-0.15, -0.1) is 0 Å². The third-order valence-electron chi connectivity index (χ3n) is 2.74. The minimum atomic E-state index is 0.448. The maximum absolute atomic E-state index is 6.07. The zero-order chi connectivity index (χ0) is 14.7. The normalized spacial score (nSPS) is 11.1. The number of hydrogen-bond acceptors (Lipinski definition) is 2. The van der Waals surface area contributed by atoms with Gasteiger partial charge in [-0.3, -0.25) is 4.99 Å². The summed E-state index contributed by atoms with van der Waals surface area (Å²) in [4.78, 5) is 4.35. The molecule has 0 N–H and O–H groups in total. The summed E-state index contributed by atoms with van der Waals surface area (Å²) in [7, 11) is 1.52. The van der Waals surface area contributed by atoms with Crippen LogP contribution >= 0.6 is 34.8 Å². The molecule has 2 aromatic carbocycles. The summed E-state index contributed by atoms with van der Waals surface area (Å²) < 4.78 is 5.10. The van der Waals surface area contributed by atoms with E-state index in [0.717, 1.165) is 16.8 Å². The summed E-state index contributed by atoms with van der Waals surface area (Å²) >= 11 is 18.2. The number of ether oxygens (including phenoxy) is 1. The van der Waals surface area contributed by atoms with Gasteiger partial charge in [0.2, 0.25) is 0 Å². The van der Waals surface area contributed by atoms with E-state index in [1.807, 2.05) is 19.1 Å². The minimum Gasteiger partial charge on any atom is -0.494 e. The molecule has 0 atom stereocenters. The van der Waals surface area contributed by atoms with E-state index in [0.29, 0.717) is 20.8 Å². The van der Waals surface area contributed by atoms with Gasteiger partial charge >= 0.3 is 0 Å². The Kier molecular flexibility index (Phi) is 4.92. The summed E-state index contributed by atoms with van der Waals surface area (Å²) in [5.41, 5.74) is 2.57. The molecule has 0 heterocycles. The lowest BCUT2D eigenvalue weighted by atomic mass is 10.2. The molecule has 0 amide bonds. The lowest BCUT2D eigenvalue weighted by molar-refractivity contribution is 0.415. The molecule has 0 aliphatic heterocycles. The summed E-state index contributed by atoms with van der Waals surface area (Å²) in [6.07, 6.45) is 1.68. The topological polar surface area (TPSA) is 21.6 Å². The Morgan fingerprint density at radius 3 is 2.20 bits per heavy atom. The largest absolute Gasteiger partial charge is 0.494 e. The zero-order valence-electron chi connectivity index (χ0n) is 11.0. The van der Waals surface area contributed by atoms with Crippen molar-refractivity contribution in [2.75, 3.05) is 7.11 Å². The molecule has 0 bridgehead atoms. The van der Waals surface area contributed by atoms with Crippen molar-refractivity contribution in [3.8, 4) is 5.75 Å². The molecule has 5 heteroatoms. The smallest absolute Gasteiger partial charge is 0.156 e. The molecule has 0 saturated carbocycles. The van der Waals surface area contributed by atoms with Crippen LogP contribution in [0.4, 0.5) is 5.69 Å². The van der Waals surface area contributed by atoms with Gasteiger partial charge in [0.1, 0.15) is 0 Å². The number of aryl methyl sites for hydroxylation is 1. The van der Waals surface area contributed by atoms with Crippen LogP contribution in [0.5, 0.6) is 5.75 Å². The highest BCUT2D eigenvalue weighted by Crippen LogP contribution is 2.33. The number of halogens is 3. The predicted octanol–water partition coefficient (Wildman–Crippen LogP) is 5.71. The standard InChI is InChI=1S/C15H12Cl3NO/c1-9-3-4-11(7-12(9)16)19-8-10-5-13(17)15(20-2)14(18)6-10/h3-8H,1-2H3. The van der Waals surface area contributed by atoms with Gasteiger partial charge in [0, 0.05) is 11.2 Å². The molecule has 2 aromatic rings. The SMILES string of the molecule is COc1c(Cl)cc(C=Nc2ccc(C)c(Cl)c2)cc1Cl. The molecule has 2 rings (SSSR count). The van der Waals surface area contributed by atoms with E-state index >= 15 is 0 Å². The monoisotopic (exact) mass is 327 g/mol. The van der Waals surface area contributed by atoms with Crippen LogP contribution in [0.15, 0.2) is 35.3 Å². The first-order valence-electron chi connectivity index (χ1n) is 5.84. The molecule has 0 aliphatic carbocycles. The van der Waals surface area contributed by atoms with E-state index in [1.54, 1.807) is 24.4 Å². The third kappa shape index (κ3) is 3.45. The average Bonchev–Trinajstić information content (AvgIpc) is 2.40. The number of hydrogen-bond donors (Lipinski definition) is 0. The Morgan fingerprint density at radius 1 is 1.00 bits per heavy atom. The van der Waals surface area contributed by atoms with Crippen molar-refractivity contribution < 1.29 is 4.74 Å². The quantitative estimate of drug-likeness (QED) is 0.661. The van der Waals surface area contributed by atoms with Gasteiger partial charge in [0.15, 0.2) is 5.75 Å². The summed E-state index contributed by atoms with van der Waals surface area (Å²) in [5.74, 6) is 0.462. The van der Waals surface area contributed by atoms with Gasteiger partial charge < -0.3 is 4.74 Å². The fourth-order valence-corrected chi connectivity index (χ4v) is 2.49. The van der Waals surface area contributed by atoms with Crippen molar-refractivity contribution in [1.29, 1.82) is 0 Å². The molecular weight excluding hydrogens is 317 g/mol. The third-order valence-corrected chi connectivity index (χ3v) is 3.71. The molecule has 104 valence electrons. The first-order valence-corrected chi connectivity index (χ1v) is 6.98. The Balaban J connectivity index is 2.29. The van der Waals surface area contributed by atoms with E-state index in [4.69, 9.17) is 39.5 Å². The van der Waals surface area contributed by atoms with Gasteiger partial charge in [-0.2, -0.15) is 0 Å². The van der Waals surface area contributed by atoms with Crippen LogP contribution in [0.3, 0.4) is 0 Å². The first kappa shape index (κ1) is 15.2. The van der Waals surface area contributed by atoms with Gasteiger partial charge in [-0.05, 0) is 42.3 Å². The van der Waals surface area contributed by atoms with Crippen molar-refractivity contribution in [3.63, 3.8) is 0 Å². The van der Waals surface area contributed by atoms with Crippen LogP contribution in [0.25, 0.3) is 0 Å².